The third-order valence-electron chi connectivity index (χ3n) is 4.28. The zero-order chi connectivity index (χ0) is 19.9. The van der Waals surface area contributed by atoms with Crippen LogP contribution in [0.5, 0.6) is 5.75 Å². The van der Waals surface area contributed by atoms with E-state index in [1.807, 2.05) is 66.7 Å². The van der Waals surface area contributed by atoms with E-state index in [0.29, 0.717) is 11.4 Å². The number of anilines is 1. The predicted molar refractivity (Wildman–Crippen MR) is 110 cm³/mol. The Bertz CT molecular complexity index is 981. The smallest absolute Gasteiger partial charge is 0.344 e. The molecule has 0 bridgehead atoms. The van der Waals surface area contributed by atoms with E-state index in [-0.39, 0.29) is 19.1 Å². The lowest BCUT2D eigenvalue weighted by Crippen LogP contribution is -2.23. The summed E-state index contributed by atoms with van der Waals surface area (Å²) in [6.45, 7) is 3.50. The van der Waals surface area contributed by atoms with Crippen molar-refractivity contribution in [3.63, 3.8) is 0 Å². The molecule has 0 aliphatic carbocycles. The van der Waals surface area contributed by atoms with Crippen LogP contribution in [0.1, 0.15) is 25.3 Å². The molecule has 1 N–H and O–H groups in total. The van der Waals surface area contributed by atoms with E-state index in [1.165, 1.54) is 0 Å². The molecule has 3 aromatic rings. The van der Waals surface area contributed by atoms with Gasteiger partial charge in [-0.3, -0.25) is 4.79 Å². The summed E-state index contributed by atoms with van der Waals surface area (Å²) in [7, 11) is 0. The first kappa shape index (κ1) is 19.4. The fraction of sp³-hybridized carbons (Fsp3) is 0.217. The highest BCUT2D eigenvalue weighted by Gasteiger charge is 2.12. The molecule has 144 valence electrons. The number of carbonyl (C=O) groups excluding carboxylic acids is 2. The molecular formula is C23H23NO4. The van der Waals surface area contributed by atoms with Crippen molar-refractivity contribution in [2.45, 2.75) is 19.8 Å². The number of para-hydroxylation sites is 1. The Kier molecular flexibility index (Phi) is 6.27. The summed E-state index contributed by atoms with van der Waals surface area (Å²) < 4.78 is 10.6. The third kappa shape index (κ3) is 5.10. The second kappa shape index (κ2) is 9.04. The average Bonchev–Trinajstić information content (AvgIpc) is 2.70. The molecule has 0 aliphatic heterocycles. The van der Waals surface area contributed by atoms with Gasteiger partial charge in [-0.15, -0.1) is 0 Å². The highest BCUT2D eigenvalue weighted by atomic mass is 16.6. The van der Waals surface area contributed by atoms with Crippen LogP contribution in [0.4, 0.5) is 5.69 Å². The van der Waals surface area contributed by atoms with Gasteiger partial charge >= 0.3 is 5.97 Å². The second-order valence-electron chi connectivity index (χ2n) is 6.75. The van der Waals surface area contributed by atoms with Crippen molar-refractivity contribution in [1.29, 1.82) is 0 Å². The molecule has 0 saturated heterocycles. The minimum absolute atomic E-state index is 0.243. The molecule has 0 fully saturated rings. The number of rotatable bonds is 7. The standard InChI is InChI=1S/C23H23NO4/c1-16(2)20-9-5-6-10-21(20)27-15-23(26)28-14-22(25)24-19-12-11-17-7-3-4-8-18(17)13-19/h3-13,16H,14-15H2,1-2H3,(H,24,25). The van der Waals surface area contributed by atoms with Crippen LogP contribution >= 0.6 is 0 Å². The van der Waals surface area contributed by atoms with Gasteiger partial charge in [0.25, 0.3) is 5.91 Å². The van der Waals surface area contributed by atoms with Crippen LogP contribution in [0, 0.1) is 0 Å². The average molecular weight is 377 g/mol. The first-order chi connectivity index (χ1) is 13.5. The van der Waals surface area contributed by atoms with Gasteiger partial charge in [0, 0.05) is 5.69 Å². The van der Waals surface area contributed by atoms with Crippen LogP contribution in [-0.2, 0) is 14.3 Å². The summed E-state index contributed by atoms with van der Waals surface area (Å²) in [4.78, 5) is 23.9. The molecule has 0 aliphatic rings. The lowest BCUT2D eigenvalue weighted by atomic mass is 10.0. The highest BCUT2D eigenvalue weighted by molar-refractivity contribution is 5.95. The molecule has 0 heterocycles. The maximum atomic E-state index is 12.0. The molecule has 3 aromatic carbocycles. The molecule has 0 aromatic heterocycles. The molecule has 5 nitrogen and oxygen atoms in total. The quantitative estimate of drug-likeness (QED) is 0.615. The Morgan fingerprint density at radius 1 is 0.893 bits per heavy atom. The lowest BCUT2D eigenvalue weighted by molar-refractivity contribution is -0.149. The van der Waals surface area contributed by atoms with E-state index in [4.69, 9.17) is 9.47 Å². The molecule has 28 heavy (non-hydrogen) atoms. The highest BCUT2D eigenvalue weighted by Crippen LogP contribution is 2.25. The summed E-state index contributed by atoms with van der Waals surface area (Å²) in [5.74, 6) is -0.0616. The molecule has 0 saturated carbocycles. The zero-order valence-electron chi connectivity index (χ0n) is 16.0. The second-order valence-corrected chi connectivity index (χ2v) is 6.75. The van der Waals surface area contributed by atoms with E-state index < -0.39 is 11.9 Å². The van der Waals surface area contributed by atoms with Gasteiger partial charge in [0.1, 0.15) is 5.75 Å². The molecule has 0 spiro atoms. The first-order valence-electron chi connectivity index (χ1n) is 9.19. The molecule has 5 heteroatoms. The van der Waals surface area contributed by atoms with Crippen molar-refractivity contribution in [2.75, 3.05) is 18.5 Å². The number of nitrogens with one attached hydrogen (secondary N) is 1. The number of ether oxygens (including phenoxy) is 2. The first-order valence-corrected chi connectivity index (χ1v) is 9.19. The zero-order valence-corrected chi connectivity index (χ0v) is 16.0. The molecule has 0 radical (unpaired) electrons. The Morgan fingerprint density at radius 2 is 1.61 bits per heavy atom. The number of carbonyl (C=O) groups is 2. The Hall–Kier alpha value is -3.34. The maximum Gasteiger partial charge on any atom is 0.344 e. The summed E-state index contributed by atoms with van der Waals surface area (Å²) in [5, 5.41) is 4.84. The number of amides is 1. The maximum absolute atomic E-state index is 12.0. The van der Waals surface area contributed by atoms with Crippen molar-refractivity contribution < 1.29 is 19.1 Å². The van der Waals surface area contributed by atoms with Gasteiger partial charge in [-0.1, -0.05) is 62.4 Å². The van der Waals surface area contributed by atoms with Gasteiger partial charge in [0.15, 0.2) is 13.2 Å². The van der Waals surface area contributed by atoms with E-state index in [1.54, 1.807) is 0 Å². The van der Waals surface area contributed by atoms with Crippen LogP contribution in [0.2, 0.25) is 0 Å². The molecule has 3 rings (SSSR count). The van der Waals surface area contributed by atoms with Crippen molar-refractivity contribution in [3.05, 3.63) is 72.3 Å². The number of esters is 1. The lowest BCUT2D eigenvalue weighted by Gasteiger charge is -2.13. The minimum Gasteiger partial charge on any atom is -0.482 e. The van der Waals surface area contributed by atoms with E-state index in [9.17, 15) is 9.59 Å². The van der Waals surface area contributed by atoms with Gasteiger partial charge in [-0.25, -0.2) is 4.79 Å². The van der Waals surface area contributed by atoms with E-state index >= 15 is 0 Å². The van der Waals surface area contributed by atoms with Crippen molar-refractivity contribution in [3.8, 4) is 5.75 Å². The number of hydrogen-bond acceptors (Lipinski definition) is 4. The summed E-state index contributed by atoms with van der Waals surface area (Å²) in [6, 6.07) is 21.0. The summed E-state index contributed by atoms with van der Waals surface area (Å²) in [5.41, 5.74) is 1.67. The van der Waals surface area contributed by atoms with Gasteiger partial charge in [-0.2, -0.15) is 0 Å². The third-order valence-corrected chi connectivity index (χ3v) is 4.28. The molecular weight excluding hydrogens is 354 g/mol. The van der Waals surface area contributed by atoms with Crippen molar-refractivity contribution in [1.82, 2.24) is 0 Å². The Labute approximate surface area is 164 Å². The van der Waals surface area contributed by atoms with Crippen LogP contribution in [0.15, 0.2) is 66.7 Å². The van der Waals surface area contributed by atoms with Gasteiger partial charge in [0.2, 0.25) is 0 Å². The number of hydrogen-bond donors (Lipinski definition) is 1. The fourth-order valence-corrected chi connectivity index (χ4v) is 2.88. The monoisotopic (exact) mass is 377 g/mol. The normalized spacial score (nSPS) is 10.7. The van der Waals surface area contributed by atoms with Gasteiger partial charge < -0.3 is 14.8 Å². The topological polar surface area (TPSA) is 64.6 Å². The Balaban J connectivity index is 1.48. The van der Waals surface area contributed by atoms with Crippen LogP contribution in [0.25, 0.3) is 10.8 Å². The van der Waals surface area contributed by atoms with Gasteiger partial charge in [0.05, 0.1) is 0 Å². The number of fused-ring (bicyclic) bond motifs is 1. The van der Waals surface area contributed by atoms with E-state index in [0.717, 1.165) is 16.3 Å². The Morgan fingerprint density at radius 3 is 2.39 bits per heavy atom. The van der Waals surface area contributed by atoms with E-state index in [2.05, 4.69) is 19.2 Å². The predicted octanol–water partition coefficient (Wildman–Crippen LogP) is 4.52. The fourth-order valence-electron chi connectivity index (χ4n) is 2.88. The molecule has 1 amide bonds. The number of benzene rings is 3. The van der Waals surface area contributed by atoms with Crippen LogP contribution in [-0.4, -0.2) is 25.1 Å². The van der Waals surface area contributed by atoms with Crippen LogP contribution < -0.4 is 10.1 Å². The van der Waals surface area contributed by atoms with Crippen molar-refractivity contribution in [2.24, 2.45) is 0 Å². The molecule has 0 unspecified atom stereocenters. The van der Waals surface area contributed by atoms with Crippen molar-refractivity contribution >= 4 is 28.3 Å². The largest absolute Gasteiger partial charge is 0.482 e. The summed E-state index contributed by atoms with van der Waals surface area (Å²) in [6.07, 6.45) is 0. The van der Waals surface area contributed by atoms with Crippen LogP contribution in [0.3, 0.4) is 0 Å². The summed E-state index contributed by atoms with van der Waals surface area (Å²) >= 11 is 0. The van der Waals surface area contributed by atoms with Gasteiger partial charge in [-0.05, 0) is 40.5 Å². The molecule has 0 atom stereocenters. The SMILES string of the molecule is CC(C)c1ccccc1OCC(=O)OCC(=O)Nc1ccc2ccccc2c1. The minimum atomic E-state index is -0.591.